The Labute approximate surface area is 155 Å². The van der Waals surface area contributed by atoms with Gasteiger partial charge in [0, 0.05) is 56.6 Å². The molecule has 5 nitrogen and oxygen atoms in total. The van der Waals surface area contributed by atoms with E-state index in [1.54, 1.807) is 0 Å². The fourth-order valence-corrected chi connectivity index (χ4v) is 5.77. The van der Waals surface area contributed by atoms with E-state index in [-0.39, 0.29) is 5.60 Å². The van der Waals surface area contributed by atoms with Crippen LogP contribution in [-0.2, 0) is 17.7 Å². The smallest absolute Gasteiger partial charge is 0.106 e. The molecule has 1 atom stereocenters. The molecule has 3 aliphatic heterocycles. The molecule has 1 aromatic heterocycles. The van der Waals surface area contributed by atoms with E-state index in [4.69, 9.17) is 9.72 Å². The normalized spacial score (nSPS) is 28.0. The molecule has 0 aliphatic carbocycles. The number of aromatic amines is 1. The van der Waals surface area contributed by atoms with Gasteiger partial charge in [0.1, 0.15) is 5.82 Å². The number of aryl methyl sites for hydroxylation is 2. The predicted molar refractivity (Wildman–Crippen MR) is 103 cm³/mol. The minimum absolute atomic E-state index is 0.108. The number of piperidine rings is 1. The second kappa shape index (κ2) is 7.59. The van der Waals surface area contributed by atoms with Gasteiger partial charge >= 0.3 is 0 Å². The molecule has 1 unspecified atom stereocenters. The first-order valence-corrected chi connectivity index (χ1v) is 11.1. The fourth-order valence-electron chi connectivity index (χ4n) is 4.51. The highest BCUT2D eigenvalue weighted by atomic mass is 32.2. The van der Waals surface area contributed by atoms with E-state index in [9.17, 15) is 0 Å². The SMILES string of the molecule is CCc1nc(CN2CCC3(CC2)CN(C2CCSC2)CCO3)c(C)[nH]1. The number of likely N-dealkylation sites (tertiary alicyclic amines) is 1. The van der Waals surface area contributed by atoms with Crippen LogP contribution in [0.25, 0.3) is 0 Å². The van der Waals surface area contributed by atoms with Crippen molar-refractivity contribution in [1.29, 1.82) is 0 Å². The standard InChI is InChI=1S/C19H32N4OS/c1-3-18-20-15(2)17(21-18)12-22-7-5-19(6-8-22)14-23(9-10-24-19)16-4-11-25-13-16/h16H,3-14H2,1-2H3,(H,20,21). The number of hydrogen-bond acceptors (Lipinski definition) is 5. The summed E-state index contributed by atoms with van der Waals surface area (Å²) in [6.45, 7) is 10.7. The molecule has 25 heavy (non-hydrogen) atoms. The number of aromatic nitrogens is 2. The molecule has 0 bridgehead atoms. The van der Waals surface area contributed by atoms with Gasteiger partial charge in [0.25, 0.3) is 0 Å². The van der Waals surface area contributed by atoms with E-state index in [2.05, 4.69) is 40.4 Å². The lowest BCUT2D eigenvalue weighted by molar-refractivity contribution is -0.142. The lowest BCUT2D eigenvalue weighted by Gasteiger charge is -2.48. The zero-order chi connectivity index (χ0) is 17.3. The summed E-state index contributed by atoms with van der Waals surface area (Å²) in [5, 5.41) is 0. The van der Waals surface area contributed by atoms with Gasteiger partial charge in [0.2, 0.25) is 0 Å². The summed E-state index contributed by atoms with van der Waals surface area (Å²) < 4.78 is 6.34. The second-order valence-corrected chi connectivity index (χ2v) is 9.05. The van der Waals surface area contributed by atoms with Gasteiger partial charge in [-0.1, -0.05) is 6.92 Å². The number of thioether (sulfide) groups is 1. The monoisotopic (exact) mass is 364 g/mol. The van der Waals surface area contributed by atoms with Gasteiger partial charge < -0.3 is 9.72 Å². The molecule has 3 saturated heterocycles. The highest BCUT2D eigenvalue weighted by molar-refractivity contribution is 7.99. The second-order valence-electron chi connectivity index (χ2n) is 7.90. The maximum atomic E-state index is 6.34. The Balaban J connectivity index is 1.33. The van der Waals surface area contributed by atoms with Crippen molar-refractivity contribution in [1.82, 2.24) is 19.8 Å². The molecule has 0 saturated carbocycles. The molecule has 140 valence electrons. The van der Waals surface area contributed by atoms with Crippen LogP contribution in [0.5, 0.6) is 0 Å². The lowest BCUT2D eigenvalue weighted by Crippen LogP contribution is -2.58. The van der Waals surface area contributed by atoms with Crippen molar-refractivity contribution >= 4 is 11.8 Å². The summed E-state index contributed by atoms with van der Waals surface area (Å²) in [7, 11) is 0. The summed E-state index contributed by atoms with van der Waals surface area (Å²) >= 11 is 2.12. The van der Waals surface area contributed by atoms with Gasteiger partial charge in [-0.05, 0) is 31.9 Å². The Morgan fingerprint density at radius 1 is 1.32 bits per heavy atom. The van der Waals surface area contributed by atoms with Gasteiger partial charge in [0.15, 0.2) is 0 Å². The van der Waals surface area contributed by atoms with Crippen LogP contribution in [0.3, 0.4) is 0 Å². The van der Waals surface area contributed by atoms with Gasteiger partial charge in [-0.3, -0.25) is 9.80 Å². The molecule has 1 N–H and O–H groups in total. The van der Waals surface area contributed by atoms with Crippen molar-refractivity contribution in [3.8, 4) is 0 Å². The van der Waals surface area contributed by atoms with Crippen molar-refractivity contribution < 1.29 is 4.74 Å². The molecule has 4 rings (SSSR count). The molecule has 0 amide bonds. The lowest BCUT2D eigenvalue weighted by atomic mass is 9.88. The Morgan fingerprint density at radius 2 is 2.16 bits per heavy atom. The number of nitrogens with one attached hydrogen (secondary N) is 1. The third-order valence-corrected chi connectivity index (χ3v) is 7.36. The topological polar surface area (TPSA) is 44.4 Å². The van der Waals surface area contributed by atoms with Crippen LogP contribution in [0.1, 0.15) is 43.4 Å². The maximum absolute atomic E-state index is 6.34. The van der Waals surface area contributed by atoms with Gasteiger partial charge in [-0.15, -0.1) is 0 Å². The molecule has 6 heteroatoms. The van der Waals surface area contributed by atoms with E-state index in [0.717, 1.165) is 70.5 Å². The Bertz CT molecular complexity index is 576. The number of hydrogen-bond donors (Lipinski definition) is 1. The minimum atomic E-state index is 0.108. The highest BCUT2D eigenvalue weighted by Crippen LogP contribution is 2.33. The summed E-state index contributed by atoms with van der Waals surface area (Å²) in [6, 6.07) is 0.794. The third kappa shape index (κ3) is 3.92. The van der Waals surface area contributed by atoms with Crippen molar-refractivity contribution in [2.75, 3.05) is 44.3 Å². The third-order valence-electron chi connectivity index (χ3n) is 6.21. The predicted octanol–water partition coefficient (Wildman–Crippen LogP) is 2.45. The number of rotatable bonds is 4. The van der Waals surface area contributed by atoms with E-state index >= 15 is 0 Å². The van der Waals surface area contributed by atoms with Crippen LogP contribution in [0.2, 0.25) is 0 Å². The highest BCUT2D eigenvalue weighted by Gasteiger charge is 2.41. The number of ether oxygens (including phenoxy) is 1. The van der Waals surface area contributed by atoms with Gasteiger partial charge in [-0.2, -0.15) is 11.8 Å². The minimum Gasteiger partial charge on any atom is -0.372 e. The number of morpholine rings is 1. The number of imidazole rings is 1. The average molecular weight is 365 g/mol. The van der Waals surface area contributed by atoms with Crippen LogP contribution in [0.15, 0.2) is 0 Å². The largest absolute Gasteiger partial charge is 0.372 e. The molecular formula is C19H32N4OS. The zero-order valence-corrected chi connectivity index (χ0v) is 16.5. The van der Waals surface area contributed by atoms with E-state index in [0.29, 0.717) is 0 Å². The molecule has 1 spiro atoms. The van der Waals surface area contributed by atoms with Crippen LogP contribution < -0.4 is 0 Å². The van der Waals surface area contributed by atoms with Crippen LogP contribution in [0.4, 0.5) is 0 Å². The number of H-pyrrole nitrogens is 1. The molecule has 0 radical (unpaired) electrons. The first kappa shape index (κ1) is 17.8. The van der Waals surface area contributed by atoms with Gasteiger partial charge in [-0.25, -0.2) is 4.98 Å². The quantitative estimate of drug-likeness (QED) is 0.889. The van der Waals surface area contributed by atoms with Crippen LogP contribution >= 0.6 is 11.8 Å². The molecule has 0 aromatic carbocycles. The van der Waals surface area contributed by atoms with Crippen molar-refractivity contribution in [3.05, 3.63) is 17.2 Å². The van der Waals surface area contributed by atoms with Crippen molar-refractivity contribution in [2.45, 2.75) is 57.7 Å². The summed E-state index contributed by atoms with van der Waals surface area (Å²) in [4.78, 5) is 13.4. The maximum Gasteiger partial charge on any atom is 0.106 e. The van der Waals surface area contributed by atoms with Crippen molar-refractivity contribution in [3.63, 3.8) is 0 Å². The first-order chi connectivity index (χ1) is 12.2. The molecule has 1 aromatic rings. The van der Waals surface area contributed by atoms with Gasteiger partial charge in [0.05, 0.1) is 17.9 Å². The van der Waals surface area contributed by atoms with Crippen molar-refractivity contribution in [2.24, 2.45) is 0 Å². The molecular weight excluding hydrogens is 332 g/mol. The molecule has 3 aliphatic rings. The molecule has 3 fully saturated rings. The number of nitrogens with zero attached hydrogens (tertiary/aromatic N) is 3. The summed E-state index contributed by atoms with van der Waals surface area (Å²) in [6.07, 6.45) is 4.67. The Kier molecular flexibility index (Phi) is 5.41. The van der Waals surface area contributed by atoms with Crippen LogP contribution in [-0.4, -0.2) is 75.7 Å². The average Bonchev–Trinajstić information content (AvgIpc) is 3.28. The zero-order valence-electron chi connectivity index (χ0n) is 15.7. The molecule has 4 heterocycles. The Morgan fingerprint density at radius 3 is 2.84 bits per heavy atom. The van der Waals surface area contributed by atoms with E-state index < -0.39 is 0 Å². The summed E-state index contributed by atoms with van der Waals surface area (Å²) in [5.41, 5.74) is 2.56. The summed E-state index contributed by atoms with van der Waals surface area (Å²) in [5.74, 6) is 3.77. The first-order valence-electron chi connectivity index (χ1n) is 9.90. The Hall–Kier alpha value is -0.560. The van der Waals surface area contributed by atoms with E-state index in [1.807, 2.05) is 0 Å². The fraction of sp³-hybridized carbons (Fsp3) is 0.842. The van der Waals surface area contributed by atoms with E-state index in [1.165, 1.54) is 29.3 Å². The van der Waals surface area contributed by atoms with Crippen LogP contribution in [0, 0.1) is 6.92 Å².